The molecule has 3 heterocycles. The number of aromatic nitrogens is 2. The van der Waals surface area contributed by atoms with Gasteiger partial charge in [-0.3, -0.25) is 4.79 Å². The van der Waals surface area contributed by atoms with E-state index in [0.717, 1.165) is 66.4 Å². The number of anilines is 3. The standard InChI is InChI=1S/C19H23Cl2N5.C6H11NO/c1-12-2-4-15(8-12)23-18-10-17-19(25-24-18)22-6-7-26(17)11-13-9-14(20)3-5-16(13)21;8-6-7-4-2-1-3-5-7/h3,5,9-10,12,15H,2,4,6-8,11H2,1H3,(H,22,25)(H,23,24);6H,1-5H2. The summed E-state index contributed by atoms with van der Waals surface area (Å²) in [7, 11) is 0. The second kappa shape index (κ2) is 11.9. The zero-order chi connectivity index (χ0) is 23.9. The van der Waals surface area contributed by atoms with E-state index >= 15 is 0 Å². The summed E-state index contributed by atoms with van der Waals surface area (Å²) in [5.41, 5.74) is 2.07. The molecule has 7 nitrogen and oxygen atoms in total. The predicted octanol–water partition coefficient (Wildman–Crippen LogP) is 5.44. The number of nitrogens with one attached hydrogen (secondary N) is 2. The van der Waals surface area contributed by atoms with E-state index in [1.54, 1.807) is 0 Å². The summed E-state index contributed by atoms with van der Waals surface area (Å²) >= 11 is 12.5. The topological polar surface area (TPSA) is 73.4 Å². The third-order valence-corrected chi connectivity index (χ3v) is 7.35. The summed E-state index contributed by atoms with van der Waals surface area (Å²) in [4.78, 5) is 14.2. The lowest BCUT2D eigenvalue weighted by molar-refractivity contribution is -0.118. The number of halogens is 2. The normalized spacial score (nSPS) is 21.7. The molecule has 1 amide bonds. The van der Waals surface area contributed by atoms with Crippen LogP contribution in [0.15, 0.2) is 24.3 Å². The van der Waals surface area contributed by atoms with Crippen LogP contribution in [0, 0.1) is 5.92 Å². The van der Waals surface area contributed by atoms with Gasteiger partial charge in [-0.15, -0.1) is 10.2 Å². The maximum absolute atomic E-state index is 10.1. The first-order valence-corrected chi connectivity index (χ1v) is 13.0. The highest BCUT2D eigenvalue weighted by atomic mass is 35.5. The first-order valence-electron chi connectivity index (χ1n) is 12.3. The van der Waals surface area contributed by atoms with Crippen molar-refractivity contribution in [3.05, 3.63) is 39.9 Å². The van der Waals surface area contributed by atoms with Crippen molar-refractivity contribution in [2.75, 3.05) is 41.7 Å². The summed E-state index contributed by atoms with van der Waals surface area (Å²) in [5.74, 6) is 2.44. The Kier molecular flexibility index (Phi) is 8.73. The van der Waals surface area contributed by atoms with E-state index in [1.807, 2.05) is 23.1 Å². The SMILES string of the molecule is CC1CCC(Nc2cc3c(nn2)NCCN3Cc2cc(Cl)ccc2Cl)C1.O=CN1CCCCC1. The fourth-order valence-electron chi connectivity index (χ4n) is 4.85. The van der Waals surface area contributed by atoms with Crippen LogP contribution in [0.1, 0.15) is 51.0 Å². The molecule has 2 aromatic rings. The zero-order valence-electron chi connectivity index (χ0n) is 19.8. The number of piperidine rings is 1. The molecule has 2 fully saturated rings. The van der Waals surface area contributed by atoms with Crippen molar-refractivity contribution in [3.8, 4) is 0 Å². The van der Waals surface area contributed by atoms with E-state index in [9.17, 15) is 4.79 Å². The van der Waals surface area contributed by atoms with E-state index in [4.69, 9.17) is 23.2 Å². The maximum atomic E-state index is 10.1. The molecule has 1 saturated heterocycles. The van der Waals surface area contributed by atoms with Crippen LogP contribution in [0.4, 0.5) is 17.3 Å². The minimum Gasteiger partial charge on any atom is -0.366 e. The van der Waals surface area contributed by atoms with Crippen molar-refractivity contribution < 1.29 is 4.79 Å². The van der Waals surface area contributed by atoms with Crippen LogP contribution >= 0.6 is 23.2 Å². The van der Waals surface area contributed by atoms with Crippen LogP contribution in [0.2, 0.25) is 10.0 Å². The number of fused-ring (bicyclic) bond motifs is 1. The predicted molar refractivity (Wildman–Crippen MR) is 140 cm³/mol. The Labute approximate surface area is 212 Å². The molecule has 2 atom stereocenters. The van der Waals surface area contributed by atoms with Crippen molar-refractivity contribution in [1.29, 1.82) is 0 Å². The average Bonchev–Trinajstić information content (AvgIpc) is 3.27. The van der Waals surface area contributed by atoms with Gasteiger partial charge >= 0.3 is 0 Å². The fraction of sp³-hybridized carbons (Fsp3) is 0.560. The lowest BCUT2D eigenvalue weighted by Crippen LogP contribution is -2.34. The van der Waals surface area contributed by atoms with Gasteiger partial charge in [0.05, 0.1) is 5.69 Å². The molecule has 1 aliphatic carbocycles. The molecule has 2 N–H and O–H groups in total. The number of amides is 1. The molecule has 1 aromatic carbocycles. The van der Waals surface area contributed by atoms with Gasteiger partial charge in [0.25, 0.3) is 0 Å². The van der Waals surface area contributed by atoms with Crippen LogP contribution in [0.25, 0.3) is 0 Å². The van der Waals surface area contributed by atoms with E-state index < -0.39 is 0 Å². The summed E-state index contributed by atoms with van der Waals surface area (Å²) in [5, 5.41) is 17.1. The molecular weight excluding hydrogens is 471 g/mol. The second-order valence-electron chi connectivity index (χ2n) is 9.51. The van der Waals surface area contributed by atoms with Crippen molar-refractivity contribution >= 4 is 46.9 Å². The summed E-state index contributed by atoms with van der Waals surface area (Å²) in [6.45, 7) is 6.65. The van der Waals surface area contributed by atoms with E-state index in [2.05, 4.69) is 38.7 Å². The van der Waals surface area contributed by atoms with Gasteiger partial charge in [0.15, 0.2) is 11.6 Å². The number of carbonyl (C=O) groups excluding carboxylic acids is 1. The Morgan fingerprint density at radius 2 is 1.94 bits per heavy atom. The zero-order valence-corrected chi connectivity index (χ0v) is 21.3. The Bertz CT molecular complexity index is 968. The first-order chi connectivity index (χ1) is 16.5. The quantitative estimate of drug-likeness (QED) is 0.527. The van der Waals surface area contributed by atoms with Crippen molar-refractivity contribution in [2.45, 2.75) is 58.0 Å². The molecule has 5 rings (SSSR count). The third-order valence-electron chi connectivity index (χ3n) is 6.74. The van der Waals surface area contributed by atoms with Crippen LogP contribution in [0.3, 0.4) is 0 Å². The van der Waals surface area contributed by atoms with Gasteiger partial charge in [0, 0.05) is 54.9 Å². The summed E-state index contributed by atoms with van der Waals surface area (Å²) < 4.78 is 0. The van der Waals surface area contributed by atoms with E-state index in [-0.39, 0.29) is 0 Å². The van der Waals surface area contributed by atoms with Crippen LogP contribution in [-0.2, 0) is 11.3 Å². The number of benzene rings is 1. The van der Waals surface area contributed by atoms with Gasteiger partial charge in [0.2, 0.25) is 6.41 Å². The Balaban J connectivity index is 0.000000291. The molecule has 0 bridgehead atoms. The highest BCUT2D eigenvalue weighted by Gasteiger charge is 2.24. The highest BCUT2D eigenvalue weighted by Crippen LogP contribution is 2.33. The molecule has 2 aliphatic heterocycles. The van der Waals surface area contributed by atoms with Gasteiger partial charge < -0.3 is 20.4 Å². The third kappa shape index (κ3) is 6.66. The molecule has 184 valence electrons. The lowest BCUT2D eigenvalue weighted by Gasteiger charge is -2.31. The van der Waals surface area contributed by atoms with Gasteiger partial charge in [-0.1, -0.05) is 30.1 Å². The fourth-order valence-corrected chi connectivity index (χ4v) is 5.23. The van der Waals surface area contributed by atoms with Crippen molar-refractivity contribution in [1.82, 2.24) is 15.1 Å². The first kappa shape index (κ1) is 24.9. The monoisotopic (exact) mass is 504 g/mol. The number of nitrogens with zero attached hydrogens (tertiary/aromatic N) is 4. The van der Waals surface area contributed by atoms with Crippen LogP contribution < -0.4 is 15.5 Å². The molecule has 0 radical (unpaired) electrons. The molecule has 9 heteroatoms. The van der Waals surface area contributed by atoms with Crippen LogP contribution in [-0.4, -0.2) is 53.7 Å². The van der Waals surface area contributed by atoms with Crippen molar-refractivity contribution in [3.63, 3.8) is 0 Å². The van der Waals surface area contributed by atoms with E-state index in [0.29, 0.717) is 17.6 Å². The van der Waals surface area contributed by atoms with Gasteiger partial charge in [0.1, 0.15) is 0 Å². The molecule has 2 unspecified atom stereocenters. The molecule has 1 aromatic heterocycles. The molecule has 0 spiro atoms. The van der Waals surface area contributed by atoms with E-state index in [1.165, 1.54) is 38.5 Å². The largest absolute Gasteiger partial charge is 0.366 e. The minimum absolute atomic E-state index is 0.490. The molecular formula is C25H34Cl2N6O. The molecule has 3 aliphatic rings. The summed E-state index contributed by atoms with van der Waals surface area (Å²) in [6.07, 6.45) is 8.29. The van der Waals surface area contributed by atoms with Gasteiger partial charge in [-0.25, -0.2) is 0 Å². The Morgan fingerprint density at radius 1 is 1.12 bits per heavy atom. The Morgan fingerprint density at radius 3 is 2.65 bits per heavy atom. The number of hydrogen-bond acceptors (Lipinski definition) is 6. The number of carbonyl (C=O) groups is 1. The minimum atomic E-state index is 0.490. The Hall–Kier alpha value is -2.25. The second-order valence-corrected chi connectivity index (χ2v) is 10.4. The maximum Gasteiger partial charge on any atom is 0.209 e. The highest BCUT2D eigenvalue weighted by molar-refractivity contribution is 6.33. The van der Waals surface area contributed by atoms with Crippen LogP contribution in [0.5, 0.6) is 0 Å². The average molecular weight is 505 g/mol. The van der Waals surface area contributed by atoms with Gasteiger partial charge in [-0.2, -0.15) is 0 Å². The number of likely N-dealkylation sites (tertiary alicyclic amines) is 1. The molecule has 1 saturated carbocycles. The van der Waals surface area contributed by atoms with Crippen molar-refractivity contribution in [2.24, 2.45) is 5.92 Å². The summed E-state index contributed by atoms with van der Waals surface area (Å²) in [6, 6.07) is 8.18. The number of rotatable bonds is 5. The smallest absolute Gasteiger partial charge is 0.209 e. The molecule has 34 heavy (non-hydrogen) atoms. The lowest BCUT2D eigenvalue weighted by atomic mass is 10.1. The number of hydrogen-bond donors (Lipinski definition) is 2. The van der Waals surface area contributed by atoms with Gasteiger partial charge in [-0.05, 0) is 68.2 Å².